The average Bonchev–Trinajstić information content (AvgIpc) is 3.24. The average molecular weight is 461 g/mol. The number of rotatable bonds is 5. The van der Waals surface area contributed by atoms with Gasteiger partial charge in [0, 0.05) is 12.2 Å². The zero-order chi connectivity index (χ0) is 24.6. The molecule has 1 N–H and O–H groups in total. The molecule has 1 atom stereocenters. The Morgan fingerprint density at radius 2 is 1.76 bits per heavy atom. The number of carbonyl (C=O) groups excluding carboxylic acids is 3. The van der Waals surface area contributed by atoms with Crippen molar-refractivity contribution in [1.82, 2.24) is 14.9 Å². The number of hydrogen-bond acceptors (Lipinski definition) is 5. The van der Waals surface area contributed by atoms with E-state index in [-0.39, 0.29) is 23.8 Å². The summed E-state index contributed by atoms with van der Waals surface area (Å²) in [7, 11) is 1.24. The van der Waals surface area contributed by atoms with Crippen LogP contribution in [0.5, 0.6) is 0 Å². The number of aryl methyl sites for hydroxylation is 3. The highest BCUT2D eigenvalue weighted by atomic mass is 16.5. The zero-order valence-corrected chi connectivity index (χ0v) is 20.0. The maximum absolute atomic E-state index is 13.9. The number of anilines is 1. The van der Waals surface area contributed by atoms with Crippen molar-refractivity contribution in [3.05, 3.63) is 82.4 Å². The van der Waals surface area contributed by atoms with Crippen molar-refractivity contribution in [2.24, 2.45) is 0 Å². The molecule has 34 heavy (non-hydrogen) atoms. The molecule has 2 heterocycles. The molecule has 4 rings (SSSR count). The fraction of sp³-hybridized carbons (Fsp3) is 0.308. The summed E-state index contributed by atoms with van der Waals surface area (Å²) in [6.07, 6.45) is 1.41. The van der Waals surface area contributed by atoms with Crippen LogP contribution in [0.25, 0.3) is 0 Å². The molecule has 1 aliphatic heterocycles. The normalized spacial score (nSPS) is 17.3. The Bertz CT molecular complexity index is 1280. The molecule has 0 saturated heterocycles. The number of fused-ring (bicyclic) bond motifs is 1. The van der Waals surface area contributed by atoms with Crippen LogP contribution < -0.4 is 10.2 Å². The van der Waals surface area contributed by atoms with Crippen LogP contribution >= 0.6 is 0 Å². The van der Waals surface area contributed by atoms with Gasteiger partial charge >= 0.3 is 5.97 Å². The minimum absolute atomic E-state index is 0.0649. The highest BCUT2D eigenvalue weighted by molar-refractivity contribution is 6.15. The van der Waals surface area contributed by atoms with E-state index in [1.807, 2.05) is 63.2 Å². The lowest BCUT2D eigenvalue weighted by Gasteiger charge is -2.44. The van der Waals surface area contributed by atoms with Gasteiger partial charge in [-0.25, -0.2) is 9.78 Å². The first-order valence-electron chi connectivity index (χ1n) is 11.0. The Balaban J connectivity index is 1.78. The number of amides is 2. The van der Waals surface area contributed by atoms with E-state index in [1.54, 1.807) is 11.5 Å². The number of nitrogens with zero attached hydrogens (tertiary/aromatic N) is 3. The minimum atomic E-state index is -1.26. The topological polar surface area (TPSA) is 93.5 Å². The maximum Gasteiger partial charge on any atom is 0.359 e. The molecule has 1 unspecified atom stereocenters. The van der Waals surface area contributed by atoms with Gasteiger partial charge in [0.25, 0.3) is 5.91 Å². The molecule has 0 radical (unpaired) electrons. The van der Waals surface area contributed by atoms with E-state index in [2.05, 4.69) is 10.3 Å². The number of methoxy groups -OCH3 is 1. The first-order valence-corrected chi connectivity index (χ1v) is 11.0. The van der Waals surface area contributed by atoms with Crippen molar-refractivity contribution in [2.75, 3.05) is 12.0 Å². The van der Waals surface area contributed by atoms with E-state index >= 15 is 0 Å². The summed E-state index contributed by atoms with van der Waals surface area (Å²) in [4.78, 5) is 45.5. The second-order valence-corrected chi connectivity index (χ2v) is 8.93. The first-order chi connectivity index (χ1) is 16.2. The van der Waals surface area contributed by atoms with E-state index in [0.29, 0.717) is 12.2 Å². The van der Waals surface area contributed by atoms with Crippen LogP contribution in [0.2, 0.25) is 0 Å². The number of aromatic nitrogens is 2. The molecule has 2 amide bonds. The van der Waals surface area contributed by atoms with E-state index < -0.39 is 17.4 Å². The summed E-state index contributed by atoms with van der Waals surface area (Å²) in [6, 6.07) is 13.6. The van der Waals surface area contributed by atoms with Crippen LogP contribution in [0.1, 0.15) is 50.2 Å². The highest BCUT2D eigenvalue weighted by Gasteiger charge is 2.50. The van der Waals surface area contributed by atoms with E-state index in [4.69, 9.17) is 4.74 Å². The monoisotopic (exact) mass is 460 g/mol. The summed E-state index contributed by atoms with van der Waals surface area (Å²) in [5.41, 5.74) is 3.27. The fourth-order valence-corrected chi connectivity index (χ4v) is 4.29. The minimum Gasteiger partial charge on any atom is -0.464 e. The first kappa shape index (κ1) is 23.2. The molecule has 0 saturated carbocycles. The van der Waals surface area contributed by atoms with Crippen molar-refractivity contribution in [3.8, 4) is 0 Å². The van der Waals surface area contributed by atoms with Crippen LogP contribution in [0.4, 0.5) is 5.69 Å². The number of imidazole rings is 1. The SMILES string of the molecule is COC(=O)c1ncn2c1C(=O)N(c1cc(C)ccc1C)C(C)(C(=O)NCc1ccc(C)cc1)C2. The van der Waals surface area contributed by atoms with E-state index in [0.717, 1.165) is 22.3 Å². The molecule has 3 aromatic rings. The number of hydrogen-bond donors (Lipinski definition) is 1. The van der Waals surface area contributed by atoms with Crippen molar-refractivity contribution in [3.63, 3.8) is 0 Å². The van der Waals surface area contributed by atoms with Crippen LogP contribution in [-0.2, 0) is 22.6 Å². The van der Waals surface area contributed by atoms with Crippen molar-refractivity contribution in [1.29, 1.82) is 0 Å². The van der Waals surface area contributed by atoms with Crippen LogP contribution in [0.3, 0.4) is 0 Å². The predicted molar refractivity (Wildman–Crippen MR) is 128 cm³/mol. The third kappa shape index (κ3) is 3.96. The van der Waals surface area contributed by atoms with Crippen molar-refractivity contribution >= 4 is 23.5 Å². The molecule has 0 spiro atoms. The third-order valence-corrected chi connectivity index (χ3v) is 6.26. The summed E-state index contributed by atoms with van der Waals surface area (Å²) in [6.45, 7) is 8.01. The van der Waals surface area contributed by atoms with Gasteiger partial charge in [0.1, 0.15) is 11.2 Å². The van der Waals surface area contributed by atoms with Gasteiger partial charge in [-0.1, -0.05) is 42.0 Å². The molecule has 0 fully saturated rings. The lowest BCUT2D eigenvalue weighted by Crippen LogP contribution is -2.64. The Hall–Kier alpha value is -3.94. The van der Waals surface area contributed by atoms with E-state index in [1.165, 1.54) is 18.3 Å². The molecule has 0 bridgehead atoms. The second-order valence-electron chi connectivity index (χ2n) is 8.93. The number of esters is 1. The molecule has 8 heteroatoms. The predicted octanol–water partition coefficient (Wildman–Crippen LogP) is 3.33. The molecule has 176 valence electrons. The van der Waals surface area contributed by atoms with Gasteiger partial charge in [0.05, 0.1) is 20.0 Å². The van der Waals surface area contributed by atoms with Gasteiger partial charge in [0.15, 0.2) is 5.69 Å². The quantitative estimate of drug-likeness (QED) is 0.590. The molecule has 0 aliphatic carbocycles. The summed E-state index contributed by atoms with van der Waals surface area (Å²) >= 11 is 0. The van der Waals surface area contributed by atoms with Crippen molar-refractivity contribution < 1.29 is 19.1 Å². The van der Waals surface area contributed by atoms with Gasteiger partial charge in [0.2, 0.25) is 5.91 Å². The van der Waals surface area contributed by atoms with Gasteiger partial charge in [-0.15, -0.1) is 0 Å². The van der Waals surface area contributed by atoms with Gasteiger partial charge in [-0.3, -0.25) is 14.5 Å². The zero-order valence-electron chi connectivity index (χ0n) is 20.0. The third-order valence-electron chi connectivity index (χ3n) is 6.26. The number of nitrogens with one attached hydrogen (secondary N) is 1. The Morgan fingerprint density at radius 3 is 2.44 bits per heavy atom. The smallest absolute Gasteiger partial charge is 0.359 e. The standard InChI is InChI=1S/C26H28N4O4/c1-16-7-10-19(11-8-16)13-27-25(33)26(4)14-29-15-28-21(24(32)34-5)22(29)23(31)30(26)20-12-17(2)6-9-18(20)3/h6-12,15H,13-14H2,1-5H3,(H,27,33). The summed E-state index contributed by atoms with van der Waals surface area (Å²) in [5, 5.41) is 3.00. The summed E-state index contributed by atoms with van der Waals surface area (Å²) in [5.74, 6) is -1.48. The molecular weight excluding hydrogens is 432 g/mol. The molecule has 1 aromatic heterocycles. The summed E-state index contributed by atoms with van der Waals surface area (Å²) < 4.78 is 6.38. The number of ether oxygens (including phenoxy) is 1. The lowest BCUT2D eigenvalue weighted by molar-refractivity contribution is -0.126. The molecule has 1 aliphatic rings. The molecule has 8 nitrogen and oxygen atoms in total. The number of benzene rings is 2. The molecular formula is C26H28N4O4. The Morgan fingerprint density at radius 1 is 1.09 bits per heavy atom. The van der Waals surface area contributed by atoms with Crippen LogP contribution in [0, 0.1) is 20.8 Å². The Labute approximate surface area is 198 Å². The largest absolute Gasteiger partial charge is 0.464 e. The lowest BCUT2D eigenvalue weighted by atomic mass is 9.92. The van der Waals surface area contributed by atoms with Gasteiger partial charge in [-0.2, -0.15) is 0 Å². The maximum atomic E-state index is 13.9. The van der Waals surface area contributed by atoms with Crippen LogP contribution in [0.15, 0.2) is 48.8 Å². The van der Waals surface area contributed by atoms with Gasteiger partial charge < -0.3 is 14.6 Å². The van der Waals surface area contributed by atoms with Gasteiger partial charge in [-0.05, 0) is 50.5 Å². The second kappa shape index (κ2) is 8.78. The van der Waals surface area contributed by atoms with E-state index in [9.17, 15) is 14.4 Å². The number of carbonyl (C=O) groups is 3. The Kier molecular flexibility index (Phi) is 6.00. The highest BCUT2D eigenvalue weighted by Crippen LogP contribution is 2.36. The molecule has 2 aromatic carbocycles. The van der Waals surface area contributed by atoms with Crippen LogP contribution in [-0.4, -0.2) is 40.0 Å². The fourth-order valence-electron chi connectivity index (χ4n) is 4.29. The van der Waals surface area contributed by atoms with Crippen molar-refractivity contribution in [2.45, 2.75) is 46.3 Å².